The summed E-state index contributed by atoms with van der Waals surface area (Å²) >= 11 is 0. The Morgan fingerprint density at radius 3 is 2.69 bits per heavy atom. The first-order chi connectivity index (χ1) is 17.0. The number of rotatable bonds is 5. The molecule has 4 nitrogen and oxygen atoms in total. The van der Waals surface area contributed by atoms with Crippen LogP contribution in [-0.4, -0.2) is 47.3 Å². The molecule has 2 N–H and O–H groups in total. The van der Waals surface area contributed by atoms with Crippen molar-refractivity contribution < 1.29 is 9.84 Å². The maximum atomic E-state index is 12.6. The van der Waals surface area contributed by atoms with E-state index in [1.165, 1.54) is 38.9 Å². The molecule has 3 aromatic carbocycles. The summed E-state index contributed by atoms with van der Waals surface area (Å²) in [6, 6.07) is 25.7. The van der Waals surface area contributed by atoms with Gasteiger partial charge in [-0.05, 0) is 67.3 Å². The minimum atomic E-state index is -0.861. The van der Waals surface area contributed by atoms with Gasteiger partial charge in [0.25, 0.3) is 0 Å². The number of fused-ring (bicyclic) bond motifs is 4. The lowest BCUT2D eigenvalue weighted by molar-refractivity contribution is -0.102. The van der Waals surface area contributed by atoms with Crippen LogP contribution in [0.1, 0.15) is 34.4 Å². The van der Waals surface area contributed by atoms with E-state index in [1.54, 1.807) is 7.11 Å². The number of nitrogens with zero attached hydrogens (tertiary/aromatic N) is 1. The Bertz CT molecular complexity index is 1360. The smallest absolute Gasteiger partial charge is 0.119 e. The van der Waals surface area contributed by atoms with Crippen molar-refractivity contribution in [1.29, 1.82) is 0 Å². The van der Waals surface area contributed by atoms with Gasteiger partial charge in [0.1, 0.15) is 5.75 Å². The number of benzene rings is 3. The third-order valence-corrected chi connectivity index (χ3v) is 8.51. The number of methoxy groups -OCH3 is 1. The van der Waals surface area contributed by atoms with Gasteiger partial charge in [0.2, 0.25) is 0 Å². The van der Waals surface area contributed by atoms with Crippen LogP contribution in [0, 0.1) is 6.92 Å². The van der Waals surface area contributed by atoms with Gasteiger partial charge >= 0.3 is 0 Å². The van der Waals surface area contributed by atoms with Crippen LogP contribution in [-0.2, 0) is 24.7 Å². The van der Waals surface area contributed by atoms with E-state index in [0.29, 0.717) is 13.0 Å². The fourth-order valence-corrected chi connectivity index (χ4v) is 6.58. The zero-order valence-corrected chi connectivity index (χ0v) is 20.7. The molecule has 1 fully saturated rings. The van der Waals surface area contributed by atoms with E-state index in [2.05, 4.69) is 83.5 Å². The molecule has 4 heteroatoms. The normalized spacial score (nSPS) is 24.2. The Balaban J connectivity index is 1.40. The molecule has 0 amide bonds. The number of hydrogen-bond acceptors (Lipinski definition) is 3. The van der Waals surface area contributed by atoms with Crippen LogP contribution in [0.15, 0.2) is 72.8 Å². The number of β-amino-alcohol motifs (C(OH)–C–C–N with tert-alkyl or cyclic N) is 1. The predicted molar refractivity (Wildman–Crippen MR) is 141 cm³/mol. The summed E-state index contributed by atoms with van der Waals surface area (Å²) in [5, 5.41) is 13.9. The standard InChI is InChI=1S/C31H34N2O2/c1-22-11-12-28-26(17-22)27-19-31(34)21-33(15-13-23-7-4-3-5-8-23)16-14-30(31,20-29(27)32-28)24-9-6-10-25(18-24)35-2/h3-12,17-18,32,34H,13-16,19-21H2,1-2H3. The average molecular weight is 467 g/mol. The number of aryl methyl sites for hydroxylation is 1. The maximum absolute atomic E-state index is 12.6. The van der Waals surface area contributed by atoms with Crippen LogP contribution in [0.3, 0.4) is 0 Å². The first-order valence-electron chi connectivity index (χ1n) is 12.7. The summed E-state index contributed by atoms with van der Waals surface area (Å²) < 4.78 is 5.59. The highest BCUT2D eigenvalue weighted by molar-refractivity contribution is 5.86. The van der Waals surface area contributed by atoms with Crippen molar-refractivity contribution >= 4 is 10.9 Å². The molecule has 1 saturated heterocycles. The van der Waals surface area contributed by atoms with E-state index < -0.39 is 5.60 Å². The first kappa shape index (κ1) is 22.4. The molecule has 1 aromatic heterocycles. The summed E-state index contributed by atoms with van der Waals surface area (Å²) in [6.45, 7) is 4.75. The Kier molecular flexibility index (Phi) is 5.46. The second kappa shape index (κ2) is 8.54. The zero-order chi connectivity index (χ0) is 24.0. The second-order valence-electron chi connectivity index (χ2n) is 10.6. The summed E-state index contributed by atoms with van der Waals surface area (Å²) in [5.41, 5.74) is 6.30. The van der Waals surface area contributed by atoms with E-state index in [4.69, 9.17) is 4.74 Å². The molecule has 0 radical (unpaired) electrons. The molecule has 180 valence electrons. The fraction of sp³-hybridized carbons (Fsp3) is 0.355. The molecule has 1 aliphatic carbocycles. The predicted octanol–water partition coefficient (Wildman–Crippen LogP) is 5.20. The molecule has 4 aromatic rings. The largest absolute Gasteiger partial charge is 0.497 e. The maximum Gasteiger partial charge on any atom is 0.119 e. The van der Waals surface area contributed by atoms with Crippen LogP contribution in [0.4, 0.5) is 0 Å². The zero-order valence-electron chi connectivity index (χ0n) is 20.7. The number of piperidine rings is 1. The number of hydrogen-bond donors (Lipinski definition) is 2. The number of ether oxygens (including phenoxy) is 1. The average Bonchev–Trinajstić information content (AvgIpc) is 3.21. The van der Waals surface area contributed by atoms with Crippen molar-refractivity contribution in [2.24, 2.45) is 0 Å². The van der Waals surface area contributed by atoms with Gasteiger partial charge in [-0.1, -0.05) is 54.1 Å². The summed E-state index contributed by atoms with van der Waals surface area (Å²) in [4.78, 5) is 6.19. The highest BCUT2D eigenvalue weighted by atomic mass is 16.5. The van der Waals surface area contributed by atoms with E-state index in [0.717, 1.165) is 38.1 Å². The molecule has 0 spiro atoms. The molecule has 2 aliphatic rings. The fourth-order valence-electron chi connectivity index (χ4n) is 6.58. The third kappa shape index (κ3) is 3.76. The van der Waals surface area contributed by atoms with Crippen LogP contribution >= 0.6 is 0 Å². The SMILES string of the molecule is COc1cccc(C23CCN(CCc4ccccc4)CC2(O)Cc2c([nH]c4ccc(C)cc24)C3)c1. The van der Waals surface area contributed by atoms with Crippen LogP contribution in [0.2, 0.25) is 0 Å². The minimum absolute atomic E-state index is 0.353. The highest BCUT2D eigenvalue weighted by Gasteiger charge is 2.57. The van der Waals surface area contributed by atoms with Gasteiger partial charge in [-0.15, -0.1) is 0 Å². The highest BCUT2D eigenvalue weighted by Crippen LogP contribution is 2.51. The van der Waals surface area contributed by atoms with Gasteiger partial charge in [-0.3, -0.25) is 0 Å². The van der Waals surface area contributed by atoms with E-state index in [1.807, 2.05) is 6.07 Å². The van der Waals surface area contributed by atoms with Crippen molar-refractivity contribution in [2.75, 3.05) is 26.7 Å². The molecule has 0 saturated carbocycles. The number of aromatic nitrogens is 1. The quantitative estimate of drug-likeness (QED) is 0.425. The Hall–Kier alpha value is -3.08. The Morgan fingerprint density at radius 1 is 1.00 bits per heavy atom. The van der Waals surface area contributed by atoms with Crippen molar-refractivity contribution in [3.8, 4) is 5.75 Å². The van der Waals surface area contributed by atoms with Gasteiger partial charge in [0.15, 0.2) is 0 Å². The van der Waals surface area contributed by atoms with E-state index in [-0.39, 0.29) is 5.41 Å². The second-order valence-corrected chi connectivity index (χ2v) is 10.6. The molecule has 6 rings (SSSR count). The van der Waals surface area contributed by atoms with E-state index in [9.17, 15) is 5.11 Å². The number of H-pyrrole nitrogens is 1. The van der Waals surface area contributed by atoms with E-state index >= 15 is 0 Å². The number of aromatic amines is 1. The molecular weight excluding hydrogens is 432 g/mol. The molecule has 2 unspecified atom stereocenters. The first-order valence-corrected chi connectivity index (χ1v) is 12.7. The minimum Gasteiger partial charge on any atom is -0.497 e. The lowest BCUT2D eigenvalue weighted by atomic mass is 9.56. The number of aliphatic hydroxyl groups is 1. The lowest BCUT2D eigenvalue weighted by Gasteiger charge is -2.56. The van der Waals surface area contributed by atoms with Crippen LogP contribution in [0.5, 0.6) is 5.75 Å². The Morgan fingerprint density at radius 2 is 1.86 bits per heavy atom. The van der Waals surface area contributed by atoms with Gasteiger partial charge in [0.05, 0.1) is 12.7 Å². The molecule has 1 aliphatic heterocycles. The number of nitrogens with one attached hydrogen (secondary N) is 1. The molecule has 35 heavy (non-hydrogen) atoms. The van der Waals surface area contributed by atoms with Crippen molar-refractivity contribution in [3.05, 3.63) is 101 Å². The number of likely N-dealkylation sites (tertiary alicyclic amines) is 1. The Labute approximate surface area is 207 Å². The van der Waals surface area contributed by atoms with Gasteiger partial charge in [-0.2, -0.15) is 0 Å². The summed E-state index contributed by atoms with van der Waals surface area (Å²) in [5.74, 6) is 0.851. The molecular formula is C31H34N2O2. The van der Waals surface area contributed by atoms with Gasteiger partial charge in [-0.25, -0.2) is 0 Å². The lowest BCUT2D eigenvalue weighted by Crippen LogP contribution is -2.66. The van der Waals surface area contributed by atoms with Gasteiger partial charge in [0, 0.05) is 47.9 Å². The third-order valence-electron chi connectivity index (χ3n) is 8.51. The van der Waals surface area contributed by atoms with Crippen molar-refractivity contribution in [2.45, 2.75) is 43.6 Å². The van der Waals surface area contributed by atoms with Gasteiger partial charge < -0.3 is 19.7 Å². The molecule has 2 heterocycles. The molecule has 2 atom stereocenters. The van der Waals surface area contributed by atoms with Crippen LogP contribution < -0.4 is 4.74 Å². The van der Waals surface area contributed by atoms with Crippen LogP contribution in [0.25, 0.3) is 10.9 Å². The monoisotopic (exact) mass is 466 g/mol. The summed E-state index contributed by atoms with van der Waals surface area (Å²) in [6.07, 6.45) is 3.39. The summed E-state index contributed by atoms with van der Waals surface area (Å²) in [7, 11) is 1.72. The van der Waals surface area contributed by atoms with Crippen molar-refractivity contribution in [1.82, 2.24) is 9.88 Å². The molecule has 0 bridgehead atoms. The van der Waals surface area contributed by atoms with Crippen molar-refractivity contribution in [3.63, 3.8) is 0 Å². The topological polar surface area (TPSA) is 48.5 Å².